The van der Waals surface area contributed by atoms with E-state index in [1.54, 1.807) is 42.7 Å². The van der Waals surface area contributed by atoms with Crippen molar-refractivity contribution in [1.82, 2.24) is 0 Å². The summed E-state index contributed by atoms with van der Waals surface area (Å²) in [4.78, 5) is 0. The van der Waals surface area contributed by atoms with Crippen LogP contribution in [0.2, 0.25) is 0 Å². The first-order valence-electron chi connectivity index (χ1n) is 15.9. The average molecular weight is 659 g/mol. The van der Waals surface area contributed by atoms with E-state index in [2.05, 4.69) is 96.5 Å². The summed E-state index contributed by atoms with van der Waals surface area (Å²) >= 11 is 0. The van der Waals surface area contributed by atoms with Gasteiger partial charge < -0.3 is 28.4 Å². The summed E-state index contributed by atoms with van der Waals surface area (Å²) in [5.74, 6) is 17.2. The Hall–Kier alpha value is -6.50. The van der Waals surface area contributed by atoms with E-state index < -0.39 is 0 Å². The highest BCUT2D eigenvalue weighted by molar-refractivity contribution is 6.16. The Morgan fingerprint density at radius 3 is 0.860 bits per heavy atom. The summed E-state index contributed by atoms with van der Waals surface area (Å²) in [6.07, 6.45) is 0. The van der Waals surface area contributed by atoms with E-state index in [9.17, 15) is 0 Å². The van der Waals surface area contributed by atoms with Crippen molar-refractivity contribution in [1.29, 1.82) is 0 Å². The van der Waals surface area contributed by atoms with Gasteiger partial charge in [0.2, 0.25) is 11.5 Å². The number of hydrogen-bond acceptors (Lipinski definition) is 6. The maximum Gasteiger partial charge on any atom is 0.203 e. The molecule has 0 atom stereocenters. The summed E-state index contributed by atoms with van der Waals surface area (Å²) in [7, 11) is 9.58. The Morgan fingerprint density at radius 2 is 0.620 bits per heavy atom. The van der Waals surface area contributed by atoms with Crippen LogP contribution in [0.5, 0.6) is 34.5 Å². The van der Waals surface area contributed by atoms with E-state index in [1.807, 2.05) is 24.3 Å². The summed E-state index contributed by atoms with van der Waals surface area (Å²) in [6.45, 7) is 0. The predicted molar refractivity (Wildman–Crippen MR) is 201 cm³/mol. The third-order valence-corrected chi connectivity index (χ3v) is 8.84. The number of rotatable bonds is 6. The third kappa shape index (κ3) is 5.68. The van der Waals surface area contributed by atoms with E-state index in [0.717, 1.165) is 65.3 Å². The molecule has 0 bridgehead atoms. The molecule has 0 heterocycles. The summed E-state index contributed by atoms with van der Waals surface area (Å²) in [5, 5.41) is 8.44. The van der Waals surface area contributed by atoms with Gasteiger partial charge in [-0.15, -0.1) is 0 Å². The topological polar surface area (TPSA) is 55.4 Å². The highest BCUT2D eigenvalue weighted by Crippen LogP contribution is 2.41. The highest BCUT2D eigenvalue weighted by atomic mass is 16.5. The van der Waals surface area contributed by atoms with Crippen LogP contribution in [0, 0.1) is 23.7 Å². The Morgan fingerprint density at radius 1 is 0.340 bits per heavy atom. The molecule has 6 heteroatoms. The maximum atomic E-state index is 5.62. The molecule has 0 aromatic heterocycles. The second-order valence-corrected chi connectivity index (χ2v) is 11.6. The van der Waals surface area contributed by atoms with Gasteiger partial charge in [-0.3, -0.25) is 0 Å². The maximum absolute atomic E-state index is 5.62. The second kappa shape index (κ2) is 13.5. The minimum Gasteiger partial charge on any atom is -0.493 e. The Labute approximate surface area is 291 Å². The molecule has 7 rings (SSSR count). The lowest BCUT2D eigenvalue weighted by atomic mass is 9.88. The molecule has 0 radical (unpaired) electrons. The van der Waals surface area contributed by atoms with E-state index in [4.69, 9.17) is 28.4 Å². The summed E-state index contributed by atoms with van der Waals surface area (Å²) in [5.41, 5.74) is 3.26. The molecule has 0 aliphatic rings. The number of methoxy groups -OCH3 is 6. The van der Waals surface area contributed by atoms with Crippen LogP contribution in [0.3, 0.4) is 0 Å². The lowest BCUT2D eigenvalue weighted by molar-refractivity contribution is 0.324. The second-order valence-electron chi connectivity index (χ2n) is 11.6. The zero-order valence-electron chi connectivity index (χ0n) is 28.7. The zero-order chi connectivity index (χ0) is 34.8. The number of fused-ring (bicyclic) bond motifs is 4. The molecule has 0 saturated heterocycles. The molecular weight excluding hydrogens is 624 g/mol. The van der Waals surface area contributed by atoms with Crippen LogP contribution in [0.1, 0.15) is 22.3 Å². The molecule has 6 nitrogen and oxygen atoms in total. The molecule has 7 aromatic rings. The summed E-state index contributed by atoms with van der Waals surface area (Å²) < 4.78 is 33.6. The molecule has 7 aromatic carbocycles. The van der Waals surface area contributed by atoms with Gasteiger partial charge in [0.25, 0.3) is 0 Å². The van der Waals surface area contributed by atoms with Gasteiger partial charge in [-0.25, -0.2) is 0 Å². The van der Waals surface area contributed by atoms with Gasteiger partial charge in [0.1, 0.15) is 0 Å². The van der Waals surface area contributed by atoms with Gasteiger partial charge in [-0.1, -0.05) is 72.2 Å². The first-order chi connectivity index (χ1) is 24.5. The lowest BCUT2D eigenvalue weighted by Gasteiger charge is -2.14. The van der Waals surface area contributed by atoms with Crippen molar-refractivity contribution in [3.8, 4) is 58.2 Å². The van der Waals surface area contributed by atoms with E-state index in [-0.39, 0.29) is 0 Å². The standard InChI is InChI=1S/C44H34O6/c1-45-39-19-27(20-40(46-2)43(39)49-5)15-17-33-35-23-29-11-7-9-13-31(29)25-37(35)34(38-26-32-14-10-8-12-30(32)24-36(33)38)18-16-28-21-41(47-3)44(50-6)42(22-28)48-4/h7-14,19-26H,1-6H3. The largest absolute Gasteiger partial charge is 0.493 e. The van der Waals surface area contributed by atoms with Crippen LogP contribution in [-0.2, 0) is 0 Å². The van der Waals surface area contributed by atoms with Gasteiger partial charge in [-0.05, 0) is 91.6 Å². The zero-order valence-corrected chi connectivity index (χ0v) is 28.7. The van der Waals surface area contributed by atoms with Crippen molar-refractivity contribution in [2.75, 3.05) is 42.7 Å². The van der Waals surface area contributed by atoms with E-state index in [0.29, 0.717) is 34.5 Å². The normalized spacial score (nSPS) is 10.7. The Balaban J connectivity index is 1.57. The smallest absolute Gasteiger partial charge is 0.203 e. The van der Waals surface area contributed by atoms with Crippen molar-refractivity contribution in [3.05, 3.63) is 119 Å². The number of benzene rings is 7. The fourth-order valence-electron chi connectivity index (χ4n) is 6.44. The van der Waals surface area contributed by atoms with Gasteiger partial charge in [0.05, 0.1) is 42.7 Å². The molecule has 246 valence electrons. The van der Waals surface area contributed by atoms with Crippen LogP contribution in [-0.4, -0.2) is 42.7 Å². The molecule has 0 aliphatic heterocycles. The first-order valence-corrected chi connectivity index (χ1v) is 15.9. The number of ether oxygens (including phenoxy) is 6. The van der Waals surface area contributed by atoms with E-state index in [1.165, 1.54) is 0 Å². The van der Waals surface area contributed by atoms with Crippen LogP contribution < -0.4 is 28.4 Å². The molecule has 0 unspecified atom stereocenters. The van der Waals surface area contributed by atoms with Gasteiger partial charge >= 0.3 is 0 Å². The molecule has 0 fully saturated rings. The van der Waals surface area contributed by atoms with Crippen LogP contribution in [0.15, 0.2) is 97.1 Å². The monoisotopic (exact) mass is 658 g/mol. The molecule has 50 heavy (non-hydrogen) atoms. The SMILES string of the molecule is COc1cc(C#Cc2c3cc4ccccc4cc3c(C#Cc3cc(OC)c(OC)c(OC)c3)c3cc4ccccc4cc23)cc(OC)c1OC. The van der Waals surface area contributed by atoms with Crippen LogP contribution >= 0.6 is 0 Å². The summed E-state index contributed by atoms with van der Waals surface area (Å²) in [6, 6.07) is 33.0. The van der Waals surface area contributed by atoms with E-state index >= 15 is 0 Å². The van der Waals surface area contributed by atoms with Gasteiger partial charge in [-0.2, -0.15) is 0 Å². The van der Waals surface area contributed by atoms with Crippen molar-refractivity contribution in [2.45, 2.75) is 0 Å². The minimum atomic E-state index is 0.518. The van der Waals surface area contributed by atoms with Crippen molar-refractivity contribution in [2.24, 2.45) is 0 Å². The first kappa shape index (κ1) is 32.1. The Kier molecular flexibility index (Phi) is 8.69. The van der Waals surface area contributed by atoms with Crippen molar-refractivity contribution >= 4 is 43.1 Å². The van der Waals surface area contributed by atoms with Crippen molar-refractivity contribution in [3.63, 3.8) is 0 Å². The van der Waals surface area contributed by atoms with Gasteiger partial charge in [0.15, 0.2) is 23.0 Å². The average Bonchev–Trinajstić information content (AvgIpc) is 3.16. The van der Waals surface area contributed by atoms with Crippen molar-refractivity contribution < 1.29 is 28.4 Å². The molecule has 0 N–H and O–H groups in total. The molecule has 0 saturated carbocycles. The minimum absolute atomic E-state index is 0.518. The highest BCUT2D eigenvalue weighted by Gasteiger charge is 2.17. The third-order valence-electron chi connectivity index (χ3n) is 8.84. The fraction of sp³-hybridized carbons (Fsp3) is 0.136. The van der Waals surface area contributed by atoms with Crippen LogP contribution in [0.25, 0.3) is 43.1 Å². The molecular formula is C44H34O6. The molecule has 0 spiro atoms. The Bertz CT molecular complexity index is 2250. The fourth-order valence-corrected chi connectivity index (χ4v) is 6.44. The quantitative estimate of drug-likeness (QED) is 0.131. The molecule has 0 amide bonds. The lowest BCUT2D eigenvalue weighted by Crippen LogP contribution is -1.96. The van der Waals surface area contributed by atoms with Gasteiger partial charge in [0, 0.05) is 22.3 Å². The van der Waals surface area contributed by atoms with Crippen LogP contribution in [0.4, 0.5) is 0 Å². The predicted octanol–water partition coefficient (Wildman–Crippen LogP) is 9.15. The molecule has 0 aliphatic carbocycles. The number of hydrogen-bond donors (Lipinski definition) is 0.